The van der Waals surface area contributed by atoms with Gasteiger partial charge in [-0.2, -0.15) is 0 Å². The maximum Gasteiger partial charge on any atom is 0.226 e. The Morgan fingerprint density at radius 1 is 1.38 bits per heavy atom. The fraction of sp³-hybridized carbons (Fsp3) is 0.294. The van der Waals surface area contributed by atoms with Crippen molar-refractivity contribution in [2.75, 3.05) is 24.5 Å². The first kappa shape index (κ1) is 15.5. The average Bonchev–Trinajstić information content (AvgIpc) is 3.14. The first-order valence-electron chi connectivity index (χ1n) is 7.80. The number of fused-ring (bicyclic) bond motifs is 1. The highest BCUT2D eigenvalue weighted by atomic mass is 32.1. The second-order valence-electron chi connectivity index (χ2n) is 5.83. The molecule has 1 N–H and O–H groups in total. The molecule has 4 rings (SSSR count). The van der Waals surface area contributed by atoms with Crippen molar-refractivity contribution >= 4 is 43.9 Å². The molecule has 0 spiro atoms. The van der Waals surface area contributed by atoms with Crippen LogP contribution in [-0.4, -0.2) is 30.5 Å². The number of benzene rings is 1. The standard InChI is InChI=1S/C17H16FN3OS2/c18-12-3-4-14-15(8-12)24-17(20-14)21-9-11(10-21)16(22)19-6-5-13-2-1-7-23-13/h1-4,7-8,11H,5-6,9-10H2,(H,19,22). The molecule has 0 unspecified atom stereocenters. The summed E-state index contributed by atoms with van der Waals surface area (Å²) in [7, 11) is 0. The van der Waals surface area contributed by atoms with Gasteiger partial charge in [0.05, 0.1) is 16.1 Å². The predicted octanol–water partition coefficient (Wildman–Crippen LogP) is 3.29. The van der Waals surface area contributed by atoms with Crippen LogP contribution in [0.5, 0.6) is 0 Å². The molecule has 4 nitrogen and oxygen atoms in total. The highest BCUT2D eigenvalue weighted by Gasteiger charge is 2.34. The Labute approximate surface area is 146 Å². The summed E-state index contributed by atoms with van der Waals surface area (Å²) in [4.78, 5) is 20.0. The molecule has 3 aromatic rings. The largest absolute Gasteiger partial charge is 0.355 e. The van der Waals surface area contributed by atoms with Gasteiger partial charge in [-0.25, -0.2) is 9.37 Å². The van der Waals surface area contributed by atoms with Crippen molar-refractivity contribution in [3.05, 3.63) is 46.4 Å². The first-order chi connectivity index (χ1) is 11.7. The Morgan fingerprint density at radius 2 is 2.25 bits per heavy atom. The fourth-order valence-electron chi connectivity index (χ4n) is 2.73. The lowest BCUT2D eigenvalue weighted by Gasteiger charge is -2.37. The number of amides is 1. The summed E-state index contributed by atoms with van der Waals surface area (Å²) in [6, 6.07) is 8.73. The topological polar surface area (TPSA) is 45.2 Å². The normalized spacial score (nSPS) is 14.8. The number of hydrogen-bond donors (Lipinski definition) is 1. The summed E-state index contributed by atoms with van der Waals surface area (Å²) in [5, 5.41) is 5.91. The van der Waals surface area contributed by atoms with Gasteiger partial charge in [0.2, 0.25) is 5.91 Å². The Hall–Kier alpha value is -1.99. The number of hydrogen-bond acceptors (Lipinski definition) is 5. The van der Waals surface area contributed by atoms with Crippen LogP contribution in [0.25, 0.3) is 10.2 Å². The smallest absolute Gasteiger partial charge is 0.226 e. The van der Waals surface area contributed by atoms with Gasteiger partial charge in [0.1, 0.15) is 5.82 Å². The Balaban J connectivity index is 1.29. The van der Waals surface area contributed by atoms with E-state index in [2.05, 4.69) is 21.3 Å². The second-order valence-corrected chi connectivity index (χ2v) is 7.87. The quantitative estimate of drug-likeness (QED) is 0.758. The summed E-state index contributed by atoms with van der Waals surface area (Å²) in [6.07, 6.45) is 0.878. The molecule has 1 fully saturated rings. The molecular formula is C17H16FN3OS2. The molecule has 7 heteroatoms. The monoisotopic (exact) mass is 361 g/mol. The van der Waals surface area contributed by atoms with E-state index >= 15 is 0 Å². The lowest BCUT2D eigenvalue weighted by Crippen LogP contribution is -2.54. The van der Waals surface area contributed by atoms with E-state index in [0.29, 0.717) is 19.6 Å². The number of nitrogens with zero attached hydrogens (tertiary/aromatic N) is 2. The van der Waals surface area contributed by atoms with Crippen LogP contribution < -0.4 is 10.2 Å². The number of thiophene rings is 1. The van der Waals surface area contributed by atoms with E-state index in [1.54, 1.807) is 17.4 Å². The number of aromatic nitrogens is 1. The maximum absolute atomic E-state index is 13.2. The van der Waals surface area contributed by atoms with Crippen molar-refractivity contribution < 1.29 is 9.18 Å². The van der Waals surface area contributed by atoms with E-state index < -0.39 is 0 Å². The SMILES string of the molecule is O=C(NCCc1cccs1)C1CN(c2nc3ccc(F)cc3s2)C1. The number of anilines is 1. The first-order valence-corrected chi connectivity index (χ1v) is 9.50. The molecule has 1 saturated heterocycles. The van der Waals surface area contributed by atoms with Crippen molar-refractivity contribution in [3.63, 3.8) is 0 Å². The van der Waals surface area contributed by atoms with Crippen molar-refractivity contribution in [3.8, 4) is 0 Å². The van der Waals surface area contributed by atoms with Crippen LogP contribution in [0.15, 0.2) is 35.7 Å². The average molecular weight is 361 g/mol. The third-order valence-electron chi connectivity index (χ3n) is 4.11. The summed E-state index contributed by atoms with van der Waals surface area (Å²) in [5.41, 5.74) is 0.806. The molecule has 0 saturated carbocycles. The van der Waals surface area contributed by atoms with Crippen molar-refractivity contribution in [2.45, 2.75) is 6.42 Å². The molecule has 1 aliphatic heterocycles. The number of rotatable bonds is 5. The van der Waals surface area contributed by atoms with Crippen molar-refractivity contribution in [1.82, 2.24) is 10.3 Å². The molecule has 0 atom stereocenters. The predicted molar refractivity (Wildman–Crippen MR) is 96.3 cm³/mol. The summed E-state index contributed by atoms with van der Waals surface area (Å²) >= 11 is 3.18. The maximum atomic E-state index is 13.2. The van der Waals surface area contributed by atoms with Gasteiger partial charge in [0, 0.05) is 24.5 Å². The fourth-order valence-corrected chi connectivity index (χ4v) is 4.45. The second kappa shape index (κ2) is 6.49. The van der Waals surface area contributed by atoms with Gasteiger partial charge in [-0.05, 0) is 36.1 Å². The van der Waals surface area contributed by atoms with Gasteiger partial charge < -0.3 is 10.2 Å². The highest BCUT2D eigenvalue weighted by molar-refractivity contribution is 7.22. The minimum absolute atomic E-state index is 0.0112. The highest BCUT2D eigenvalue weighted by Crippen LogP contribution is 2.33. The Bertz CT molecular complexity index is 856. The number of nitrogens with one attached hydrogen (secondary N) is 1. The molecule has 0 radical (unpaired) electrons. The van der Waals surface area contributed by atoms with E-state index in [0.717, 1.165) is 21.8 Å². The van der Waals surface area contributed by atoms with Crippen molar-refractivity contribution in [2.24, 2.45) is 5.92 Å². The zero-order chi connectivity index (χ0) is 16.5. The van der Waals surface area contributed by atoms with E-state index in [4.69, 9.17) is 0 Å². The molecule has 2 aromatic heterocycles. The van der Waals surface area contributed by atoms with Crippen LogP contribution in [0.3, 0.4) is 0 Å². The molecule has 1 aromatic carbocycles. The van der Waals surface area contributed by atoms with Gasteiger partial charge in [-0.1, -0.05) is 17.4 Å². The molecule has 0 bridgehead atoms. The third-order valence-corrected chi connectivity index (χ3v) is 6.13. The Kier molecular flexibility index (Phi) is 4.20. The van der Waals surface area contributed by atoms with Gasteiger partial charge in [-0.15, -0.1) is 11.3 Å². The third kappa shape index (κ3) is 3.14. The van der Waals surface area contributed by atoms with E-state index in [-0.39, 0.29) is 17.6 Å². The molecule has 24 heavy (non-hydrogen) atoms. The number of halogens is 1. The van der Waals surface area contributed by atoms with Crippen LogP contribution in [-0.2, 0) is 11.2 Å². The van der Waals surface area contributed by atoms with Crippen LogP contribution in [0.2, 0.25) is 0 Å². The molecule has 124 valence electrons. The van der Waals surface area contributed by atoms with Crippen LogP contribution in [0.1, 0.15) is 4.88 Å². The van der Waals surface area contributed by atoms with E-state index in [1.807, 2.05) is 11.4 Å². The molecule has 1 amide bonds. The van der Waals surface area contributed by atoms with Gasteiger partial charge in [-0.3, -0.25) is 4.79 Å². The van der Waals surface area contributed by atoms with Gasteiger partial charge in [0.25, 0.3) is 0 Å². The lowest BCUT2D eigenvalue weighted by molar-refractivity contribution is -0.125. The molecule has 3 heterocycles. The van der Waals surface area contributed by atoms with Gasteiger partial charge >= 0.3 is 0 Å². The number of carbonyl (C=O) groups is 1. The minimum atomic E-state index is -0.246. The van der Waals surface area contributed by atoms with E-state index in [9.17, 15) is 9.18 Å². The van der Waals surface area contributed by atoms with Gasteiger partial charge in [0.15, 0.2) is 5.13 Å². The number of thiazole rings is 1. The molecule has 1 aliphatic rings. The Morgan fingerprint density at radius 3 is 3.04 bits per heavy atom. The molecular weight excluding hydrogens is 345 g/mol. The summed E-state index contributed by atoms with van der Waals surface area (Å²) in [5.74, 6) is -0.128. The summed E-state index contributed by atoms with van der Waals surface area (Å²) < 4.78 is 14.1. The van der Waals surface area contributed by atoms with Crippen LogP contribution in [0, 0.1) is 11.7 Å². The van der Waals surface area contributed by atoms with Crippen LogP contribution in [0.4, 0.5) is 9.52 Å². The minimum Gasteiger partial charge on any atom is -0.355 e. The lowest BCUT2D eigenvalue weighted by atomic mass is 10.00. The zero-order valence-corrected chi connectivity index (χ0v) is 14.5. The van der Waals surface area contributed by atoms with Crippen LogP contribution >= 0.6 is 22.7 Å². The summed E-state index contributed by atoms with van der Waals surface area (Å²) in [6.45, 7) is 2.02. The molecule has 0 aliphatic carbocycles. The van der Waals surface area contributed by atoms with Crippen molar-refractivity contribution in [1.29, 1.82) is 0 Å². The number of carbonyl (C=O) groups excluding carboxylic acids is 1. The van der Waals surface area contributed by atoms with E-state index in [1.165, 1.54) is 28.3 Å². The zero-order valence-electron chi connectivity index (χ0n) is 12.9.